The fraction of sp³-hybridized carbons (Fsp3) is 0.286. The third-order valence-electron chi connectivity index (χ3n) is 5.94. The van der Waals surface area contributed by atoms with Crippen molar-refractivity contribution in [2.45, 2.75) is 48.9 Å². The largest absolute Gasteiger partial charge is 0.492 e. The van der Waals surface area contributed by atoms with Gasteiger partial charge in [-0.1, -0.05) is 50.2 Å². The summed E-state index contributed by atoms with van der Waals surface area (Å²) in [6.45, 7) is 7.48. The van der Waals surface area contributed by atoms with Crippen molar-refractivity contribution in [3.05, 3.63) is 96.3 Å². The van der Waals surface area contributed by atoms with Gasteiger partial charge in [-0.2, -0.15) is 0 Å². The van der Waals surface area contributed by atoms with E-state index in [1.54, 1.807) is 24.3 Å². The average molecular weight is 477 g/mol. The third-order valence-corrected chi connectivity index (χ3v) is 7.81. The van der Waals surface area contributed by atoms with Gasteiger partial charge in [-0.05, 0) is 73.3 Å². The molecule has 0 bridgehead atoms. The number of hydrogen-bond acceptors (Lipinski definition) is 4. The van der Waals surface area contributed by atoms with Crippen LogP contribution in [0.5, 0.6) is 5.75 Å². The van der Waals surface area contributed by atoms with E-state index in [9.17, 15) is 8.42 Å². The fourth-order valence-electron chi connectivity index (χ4n) is 4.04. The van der Waals surface area contributed by atoms with Crippen LogP contribution in [-0.4, -0.2) is 32.0 Å². The number of ether oxygens (including phenoxy) is 1. The van der Waals surface area contributed by atoms with Crippen molar-refractivity contribution in [2.24, 2.45) is 0 Å². The Bertz CT molecular complexity index is 1330. The van der Waals surface area contributed by atoms with Gasteiger partial charge in [-0.15, -0.1) is 0 Å². The highest BCUT2D eigenvalue weighted by Crippen LogP contribution is 2.34. The van der Waals surface area contributed by atoms with Crippen molar-refractivity contribution in [3.8, 4) is 5.75 Å². The van der Waals surface area contributed by atoms with E-state index in [4.69, 9.17) is 4.74 Å². The fourth-order valence-corrected chi connectivity index (χ4v) is 5.82. The van der Waals surface area contributed by atoms with E-state index in [1.165, 1.54) is 5.56 Å². The molecule has 0 amide bonds. The molecular formula is C28H32N2O3S. The van der Waals surface area contributed by atoms with Gasteiger partial charge in [-0.25, -0.2) is 8.42 Å². The first-order valence-corrected chi connectivity index (χ1v) is 13.2. The number of nitrogens with one attached hydrogen (secondary N) is 1. The number of hydrogen-bond donors (Lipinski definition) is 1. The molecule has 2 aromatic carbocycles. The second kappa shape index (κ2) is 10.5. The van der Waals surface area contributed by atoms with Crippen LogP contribution >= 0.6 is 0 Å². The summed E-state index contributed by atoms with van der Waals surface area (Å²) in [6, 6.07) is 22.9. The number of nitrogens with zero attached hydrogens (tertiary/aromatic N) is 1. The molecule has 1 unspecified atom stereocenters. The molecule has 1 N–H and O–H groups in total. The number of sulfone groups is 1. The molecule has 2 heterocycles. The summed E-state index contributed by atoms with van der Waals surface area (Å²) in [5, 5.41) is 3.47. The zero-order chi connectivity index (χ0) is 24.1. The van der Waals surface area contributed by atoms with E-state index >= 15 is 0 Å². The zero-order valence-corrected chi connectivity index (χ0v) is 20.8. The maximum atomic E-state index is 13.6. The number of rotatable bonds is 10. The predicted molar refractivity (Wildman–Crippen MR) is 136 cm³/mol. The summed E-state index contributed by atoms with van der Waals surface area (Å²) >= 11 is 0. The second-order valence-corrected chi connectivity index (χ2v) is 10.8. The summed E-state index contributed by atoms with van der Waals surface area (Å²) in [6.07, 6.45) is 4.76. The molecule has 0 aliphatic rings. The number of fused-ring (bicyclic) bond motifs is 1. The molecular weight excluding hydrogens is 444 g/mol. The Morgan fingerprint density at radius 2 is 1.62 bits per heavy atom. The van der Waals surface area contributed by atoms with Crippen molar-refractivity contribution >= 4 is 15.4 Å². The number of aromatic nitrogens is 1. The van der Waals surface area contributed by atoms with Crippen LogP contribution in [0.3, 0.4) is 0 Å². The van der Waals surface area contributed by atoms with Crippen LogP contribution in [0, 0.1) is 0 Å². The van der Waals surface area contributed by atoms with Gasteiger partial charge in [0.15, 0.2) is 0 Å². The molecule has 1 atom stereocenters. The van der Waals surface area contributed by atoms with Crippen LogP contribution in [0.1, 0.15) is 37.8 Å². The van der Waals surface area contributed by atoms with Crippen LogP contribution in [0.2, 0.25) is 0 Å². The van der Waals surface area contributed by atoms with Crippen LogP contribution < -0.4 is 10.1 Å². The minimum Gasteiger partial charge on any atom is -0.492 e. The third kappa shape index (κ3) is 5.34. The topological polar surface area (TPSA) is 59.8 Å². The first-order chi connectivity index (χ1) is 16.4. The SMILES string of the molecule is CC(COc1ccc(S(=O)(=O)c2c(C(C)C)cn3ccccc23)cc1)NCCc1ccccc1. The van der Waals surface area contributed by atoms with Crippen LogP contribution in [0.4, 0.5) is 0 Å². The molecule has 5 nitrogen and oxygen atoms in total. The van der Waals surface area contributed by atoms with Crippen LogP contribution in [0.25, 0.3) is 5.52 Å². The summed E-state index contributed by atoms with van der Waals surface area (Å²) in [5.41, 5.74) is 2.82. The van der Waals surface area contributed by atoms with Crippen molar-refractivity contribution in [1.29, 1.82) is 0 Å². The normalized spacial score (nSPS) is 12.8. The van der Waals surface area contributed by atoms with Gasteiger partial charge in [0, 0.05) is 18.4 Å². The van der Waals surface area contributed by atoms with Crippen molar-refractivity contribution in [2.75, 3.05) is 13.2 Å². The lowest BCUT2D eigenvalue weighted by molar-refractivity contribution is 0.274. The molecule has 0 aliphatic heterocycles. The highest BCUT2D eigenvalue weighted by atomic mass is 32.2. The molecule has 0 aliphatic carbocycles. The maximum Gasteiger partial charge on any atom is 0.209 e. The van der Waals surface area contributed by atoms with Gasteiger partial charge in [0.2, 0.25) is 9.84 Å². The summed E-state index contributed by atoms with van der Waals surface area (Å²) in [4.78, 5) is 0.653. The molecule has 0 saturated heterocycles. The molecule has 178 valence electrons. The summed E-state index contributed by atoms with van der Waals surface area (Å²) < 4.78 is 34.9. The van der Waals surface area contributed by atoms with Gasteiger partial charge >= 0.3 is 0 Å². The Balaban J connectivity index is 1.41. The van der Waals surface area contributed by atoms with Crippen LogP contribution in [-0.2, 0) is 16.3 Å². The molecule has 4 aromatic rings. The Labute approximate surface area is 202 Å². The Kier molecular flexibility index (Phi) is 7.39. The van der Waals surface area contributed by atoms with Gasteiger partial charge < -0.3 is 14.5 Å². The Hall–Kier alpha value is -3.09. The van der Waals surface area contributed by atoms with Crippen molar-refractivity contribution < 1.29 is 13.2 Å². The van der Waals surface area contributed by atoms with Gasteiger partial charge in [0.25, 0.3) is 0 Å². The zero-order valence-electron chi connectivity index (χ0n) is 19.9. The molecule has 0 radical (unpaired) electrons. The smallest absolute Gasteiger partial charge is 0.209 e. The van der Waals surface area contributed by atoms with E-state index in [0.717, 1.165) is 18.5 Å². The average Bonchev–Trinajstić information content (AvgIpc) is 3.25. The second-order valence-electron chi connectivity index (χ2n) is 8.94. The quantitative estimate of drug-likeness (QED) is 0.329. The highest BCUT2D eigenvalue weighted by molar-refractivity contribution is 7.91. The first kappa shape index (κ1) is 24.0. The van der Waals surface area contributed by atoms with E-state index in [1.807, 2.05) is 54.9 Å². The summed E-state index contributed by atoms with van der Waals surface area (Å²) in [7, 11) is -3.67. The van der Waals surface area contributed by atoms with Gasteiger partial charge in [0.1, 0.15) is 17.3 Å². The van der Waals surface area contributed by atoms with Gasteiger partial charge in [0.05, 0.1) is 10.4 Å². The van der Waals surface area contributed by atoms with Gasteiger partial charge in [-0.3, -0.25) is 0 Å². The molecule has 4 rings (SSSR count). The minimum atomic E-state index is -3.67. The van der Waals surface area contributed by atoms with E-state index in [2.05, 4.69) is 36.5 Å². The number of pyridine rings is 1. The van der Waals surface area contributed by atoms with E-state index in [-0.39, 0.29) is 16.9 Å². The monoisotopic (exact) mass is 476 g/mol. The maximum absolute atomic E-state index is 13.6. The molecule has 0 spiro atoms. The lowest BCUT2D eigenvalue weighted by Gasteiger charge is -2.15. The Morgan fingerprint density at radius 3 is 2.32 bits per heavy atom. The standard InChI is InChI=1S/C28H32N2O3S/c1-21(2)26-19-30-18-8-7-11-27(30)28(26)34(31,32)25-14-12-24(13-15-25)33-20-22(3)29-17-16-23-9-5-4-6-10-23/h4-15,18-19,21-22,29H,16-17,20H2,1-3H3. The predicted octanol–water partition coefficient (Wildman–Crippen LogP) is 5.50. The van der Waals surface area contributed by atoms with Crippen LogP contribution in [0.15, 0.2) is 95.0 Å². The molecule has 34 heavy (non-hydrogen) atoms. The highest BCUT2D eigenvalue weighted by Gasteiger charge is 2.27. The van der Waals surface area contributed by atoms with Crippen molar-refractivity contribution in [3.63, 3.8) is 0 Å². The van der Waals surface area contributed by atoms with E-state index < -0.39 is 9.84 Å². The van der Waals surface area contributed by atoms with E-state index in [0.29, 0.717) is 22.8 Å². The lowest BCUT2D eigenvalue weighted by Crippen LogP contribution is -2.33. The molecule has 2 aromatic heterocycles. The minimum absolute atomic E-state index is 0.0863. The number of benzene rings is 2. The summed E-state index contributed by atoms with van der Waals surface area (Å²) in [5.74, 6) is 0.740. The van der Waals surface area contributed by atoms with Crippen molar-refractivity contribution in [1.82, 2.24) is 9.72 Å². The molecule has 0 fully saturated rings. The first-order valence-electron chi connectivity index (χ1n) is 11.7. The Morgan fingerprint density at radius 1 is 0.912 bits per heavy atom. The molecule has 6 heteroatoms. The lowest BCUT2D eigenvalue weighted by atomic mass is 10.1. The molecule has 0 saturated carbocycles.